The number of carbonyl (C=O) groups excluding carboxylic acids is 1. The van der Waals surface area contributed by atoms with Crippen molar-refractivity contribution in [2.45, 2.75) is 46.6 Å². The van der Waals surface area contributed by atoms with Gasteiger partial charge in [-0.1, -0.05) is 27.7 Å². The molecule has 1 rings (SSSR count). The summed E-state index contributed by atoms with van der Waals surface area (Å²) in [6.45, 7) is 13.0. The first-order valence-corrected chi connectivity index (χ1v) is 6.93. The van der Waals surface area contributed by atoms with Crippen LogP contribution in [0.15, 0.2) is 0 Å². The van der Waals surface area contributed by atoms with E-state index in [1.807, 2.05) is 20.8 Å². The first kappa shape index (κ1) is 15.6. The third-order valence-electron chi connectivity index (χ3n) is 3.06. The van der Waals surface area contributed by atoms with Crippen LogP contribution in [0.5, 0.6) is 0 Å². The summed E-state index contributed by atoms with van der Waals surface area (Å²) < 4.78 is 0. The Morgan fingerprint density at radius 3 is 2.42 bits per heavy atom. The lowest BCUT2D eigenvalue weighted by molar-refractivity contribution is 0.0920. The molecule has 1 aromatic rings. The van der Waals surface area contributed by atoms with E-state index < -0.39 is 0 Å². The topological polar surface area (TPSA) is 73.9 Å². The number of hydrogen-bond donors (Lipinski definition) is 2. The SMILES string of the molecule is CCN(CC)CC(C)NC(=O)c1n[nH]c(C(C)C)n1. The third-order valence-corrected chi connectivity index (χ3v) is 3.06. The molecule has 0 saturated carbocycles. The summed E-state index contributed by atoms with van der Waals surface area (Å²) in [4.78, 5) is 18.4. The molecule has 0 aromatic carbocycles. The minimum absolute atomic E-state index is 0.0772. The number of H-pyrrole nitrogens is 1. The van der Waals surface area contributed by atoms with Crippen molar-refractivity contribution < 1.29 is 4.79 Å². The van der Waals surface area contributed by atoms with Gasteiger partial charge in [0.15, 0.2) is 0 Å². The van der Waals surface area contributed by atoms with Gasteiger partial charge >= 0.3 is 0 Å². The summed E-state index contributed by atoms with van der Waals surface area (Å²) in [5.74, 6) is 0.974. The van der Waals surface area contributed by atoms with Crippen LogP contribution in [0.1, 0.15) is 57.0 Å². The van der Waals surface area contributed by atoms with Crippen LogP contribution < -0.4 is 5.32 Å². The second-order valence-electron chi connectivity index (χ2n) is 5.06. The molecule has 6 heteroatoms. The Morgan fingerprint density at radius 2 is 1.95 bits per heavy atom. The van der Waals surface area contributed by atoms with Crippen molar-refractivity contribution >= 4 is 5.91 Å². The van der Waals surface area contributed by atoms with Crippen LogP contribution in [0.2, 0.25) is 0 Å². The average molecular weight is 267 g/mol. The number of hydrogen-bond acceptors (Lipinski definition) is 4. The first-order chi connectivity index (χ1) is 8.97. The Balaban J connectivity index is 2.53. The fourth-order valence-electron chi connectivity index (χ4n) is 1.84. The quantitative estimate of drug-likeness (QED) is 0.783. The van der Waals surface area contributed by atoms with Crippen LogP contribution in [-0.4, -0.2) is 51.7 Å². The van der Waals surface area contributed by atoms with E-state index in [4.69, 9.17) is 0 Å². The van der Waals surface area contributed by atoms with Crippen LogP contribution in [0.25, 0.3) is 0 Å². The van der Waals surface area contributed by atoms with Gasteiger partial charge in [0, 0.05) is 18.5 Å². The van der Waals surface area contributed by atoms with Crippen molar-refractivity contribution in [3.63, 3.8) is 0 Å². The molecule has 0 aliphatic carbocycles. The van der Waals surface area contributed by atoms with E-state index in [2.05, 4.69) is 39.2 Å². The number of amides is 1. The Labute approximate surface area is 115 Å². The monoisotopic (exact) mass is 267 g/mol. The second-order valence-corrected chi connectivity index (χ2v) is 5.06. The van der Waals surface area contributed by atoms with E-state index in [0.29, 0.717) is 0 Å². The average Bonchev–Trinajstić information content (AvgIpc) is 2.85. The van der Waals surface area contributed by atoms with Crippen molar-refractivity contribution in [1.82, 2.24) is 25.4 Å². The van der Waals surface area contributed by atoms with Gasteiger partial charge in [0.05, 0.1) is 0 Å². The molecule has 0 spiro atoms. The van der Waals surface area contributed by atoms with Gasteiger partial charge in [-0.2, -0.15) is 0 Å². The minimum atomic E-state index is -0.220. The maximum absolute atomic E-state index is 12.0. The van der Waals surface area contributed by atoms with Gasteiger partial charge in [-0.05, 0) is 20.0 Å². The van der Waals surface area contributed by atoms with E-state index in [0.717, 1.165) is 25.5 Å². The number of aromatic nitrogens is 3. The predicted octanol–water partition coefficient (Wildman–Crippen LogP) is 1.39. The summed E-state index contributed by atoms with van der Waals surface area (Å²) in [7, 11) is 0. The Bertz CT molecular complexity index is 397. The summed E-state index contributed by atoms with van der Waals surface area (Å²) in [5, 5.41) is 9.66. The maximum atomic E-state index is 12.0. The number of aromatic amines is 1. The molecule has 0 aliphatic heterocycles. The van der Waals surface area contributed by atoms with Gasteiger partial charge in [0.25, 0.3) is 5.91 Å². The normalized spacial score (nSPS) is 13.0. The molecule has 0 fully saturated rings. The number of carbonyl (C=O) groups is 1. The van der Waals surface area contributed by atoms with Crippen LogP contribution in [0.3, 0.4) is 0 Å². The highest BCUT2D eigenvalue weighted by Crippen LogP contribution is 2.07. The zero-order valence-electron chi connectivity index (χ0n) is 12.5. The van der Waals surface area contributed by atoms with Gasteiger partial charge in [-0.15, -0.1) is 5.10 Å². The Kier molecular flexibility index (Phi) is 5.95. The van der Waals surface area contributed by atoms with Crippen LogP contribution in [0, 0.1) is 0 Å². The van der Waals surface area contributed by atoms with E-state index >= 15 is 0 Å². The van der Waals surface area contributed by atoms with E-state index in [1.165, 1.54) is 0 Å². The molecule has 1 heterocycles. The summed E-state index contributed by atoms with van der Waals surface area (Å²) in [5.41, 5.74) is 0. The van der Waals surface area contributed by atoms with Crippen molar-refractivity contribution in [3.05, 3.63) is 11.6 Å². The molecule has 0 radical (unpaired) electrons. The van der Waals surface area contributed by atoms with Crippen molar-refractivity contribution in [1.29, 1.82) is 0 Å². The van der Waals surface area contributed by atoms with Crippen molar-refractivity contribution in [3.8, 4) is 0 Å². The van der Waals surface area contributed by atoms with Crippen LogP contribution in [0.4, 0.5) is 0 Å². The maximum Gasteiger partial charge on any atom is 0.291 e. The first-order valence-electron chi connectivity index (χ1n) is 6.93. The van der Waals surface area contributed by atoms with E-state index in [-0.39, 0.29) is 23.7 Å². The molecule has 1 amide bonds. The molecule has 108 valence electrons. The molecule has 0 aliphatic rings. The molecule has 0 saturated heterocycles. The van der Waals surface area contributed by atoms with E-state index in [9.17, 15) is 4.79 Å². The number of nitrogens with one attached hydrogen (secondary N) is 2. The lowest BCUT2D eigenvalue weighted by Crippen LogP contribution is -2.42. The molecular weight excluding hydrogens is 242 g/mol. The Morgan fingerprint density at radius 1 is 1.32 bits per heavy atom. The second kappa shape index (κ2) is 7.23. The van der Waals surface area contributed by atoms with Gasteiger partial charge < -0.3 is 10.2 Å². The lowest BCUT2D eigenvalue weighted by Gasteiger charge is -2.22. The summed E-state index contributed by atoms with van der Waals surface area (Å²) >= 11 is 0. The fourth-order valence-corrected chi connectivity index (χ4v) is 1.84. The minimum Gasteiger partial charge on any atom is -0.346 e. The van der Waals surface area contributed by atoms with Crippen LogP contribution in [-0.2, 0) is 0 Å². The summed E-state index contributed by atoms with van der Waals surface area (Å²) in [6.07, 6.45) is 0. The molecule has 0 bridgehead atoms. The molecule has 6 nitrogen and oxygen atoms in total. The van der Waals surface area contributed by atoms with Crippen molar-refractivity contribution in [2.24, 2.45) is 0 Å². The highest BCUT2D eigenvalue weighted by atomic mass is 16.2. The molecule has 1 unspecified atom stereocenters. The van der Waals surface area contributed by atoms with Gasteiger partial charge in [-0.3, -0.25) is 9.89 Å². The molecule has 1 aromatic heterocycles. The molecular formula is C13H25N5O. The highest BCUT2D eigenvalue weighted by Gasteiger charge is 2.16. The molecule has 1 atom stereocenters. The van der Waals surface area contributed by atoms with Crippen LogP contribution >= 0.6 is 0 Å². The zero-order valence-corrected chi connectivity index (χ0v) is 12.5. The number of nitrogens with zero attached hydrogens (tertiary/aromatic N) is 3. The number of likely N-dealkylation sites (N-methyl/N-ethyl adjacent to an activating group) is 1. The molecule has 19 heavy (non-hydrogen) atoms. The van der Waals surface area contributed by atoms with Gasteiger partial charge in [0.2, 0.25) is 5.82 Å². The zero-order chi connectivity index (χ0) is 14.4. The number of rotatable bonds is 7. The lowest BCUT2D eigenvalue weighted by atomic mass is 10.2. The standard InChI is InChI=1S/C13H25N5O/c1-6-18(7-2)8-10(5)14-13(19)12-15-11(9(3)4)16-17-12/h9-10H,6-8H2,1-5H3,(H,14,19)(H,15,16,17). The van der Waals surface area contributed by atoms with E-state index in [1.54, 1.807) is 0 Å². The van der Waals surface area contributed by atoms with Gasteiger partial charge in [0.1, 0.15) is 5.82 Å². The highest BCUT2D eigenvalue weighted by molar-refractivity contribution is 5.90. The third kappa shape index (κ3) is 4.63. The van der Waals surface area contributed by atoms with Crippen molar-refractivity contribution in [2.75, 3.05) is 19.6 Å². The molecule has 2 N–H and O–H groups in total. The summed E-state index contributed by atoms with van der Waals surface area (Å²) in [6, 6.07) is 0.0772. The predicted molar refractivity (Wildman–Crippen MR) is 75.2 cm³/mol. The fraction of sp³-hybridized carbons (Fsp3) is 0.769. The smallest absolute Gasteiger partial charge is 0.291 e. The van der Waals surface area contributed by atoms with Gasteiger partial charge in [-0.25, -0.2) is 4.98 Å². The Hall–Kier alpha value is -1.43. The largest absolute Gasteiger partial charge is 0.346 e.